The van der Waals surface area contributed by atoms with Crippen molar-refractivity contribution >= 4 is 28.7 Å². The van der Waals surface area contributed by atoms with Crippen LogP contribution in [0.25, 0.3) is 0 Å². The molecule has 1 aliphatic rings. The molecule has 0 saturated carbocycles. The molecule has 1 heterocycles. The minimum absolute atomic E-state index is 0.183. The van der Waals surface area contributed by atoms with E-state index in [-0.39, 0.29) is 6.23 Å². The standard InChI is InChI=1S/C17H18N2OS/c1-3-20-16-14-11-7-8-12-15(14)18(2)17(21)19(16)13-9-5-4-6-10-13/h4-12,16H,3H2,1-2H3. The minimum Gasteiger partial charge on any atom is -0.354 e. The molecule has 0 N–H and O–H groups in total. The van der Waals surface area contributed by atoms with E-state index in [1.54, 1.807) is 0 Å². The van der Waals surface area contributed by atoms with Gasteiger partial charge in [-0.2, -0.15) is 0 Å². The van der Waals surface area contributed by atoms with Gasteiger partial charge in [-0.3, -0.25) is 4.90 Å². The number of nitrogens with zero attached hydrogens (tertiary/aromatic N) is 2. The Labute approximate surface area is 130 Å². The van der Waals surface area contributed by atoms with Crippen LogP contribution >= 0.6 is 12.2 Å². The van der Waals surface area contributed by atoms with Crippen molar-refractivity contribution < 1.29 is 4.74 Å². The average molecular weight is 298 g/mol. The second-order valence-electron chi connectivity index (χ2n) is 4.91. The molecule has 0 saturated heterocycles. The summed E-state index contributed by atoms with van der Waals surface area (Å²) in [7, 11) is 2.00. The quantitative estimate of drug-likeness (QED) is 0.797. The highest BCUT2D eigenvalue weighted by molar-refractivity contribution is 7.80. The molecule has 3 rings (SSSR count). The van der Waals surface area contributed by atoms with Crippen molar-refractivity contribution in [1.82, 2.24) is 0 Å². The van der Waals surface area contributed by atoms with Crippen LogP contribution < -0.4 is 9.80 Å². The zero-order chi connectivity index (χ0) is 14.8. The van der Waals surface area contributed by atoms with Gasteiger partial charge in [0.1, 0.15) is 0 Å². The summed E-state index contributed by atoms with van der Waals surface area (Å²) in [6.45, 7) is 2.64. The van der Waals surface area contributed by atoms with E-state index >= 15 is 0 Å². The largest absolute Gasteiger partial charge is 0.354 e. The highest BCUT2D eigenvalue weighted by Gasteiger charge is 2.34. The van der Waals surface area contributed by atoms with E-state index in [2.05, 4.69) is 29.2 Å². The van der Waals surface area contributed by atoms with Gasteiger partial charge in [0, 0.05) is 24.9 Å². The third-order valence-electron chi connectivity index (χ3n) is 3.65. The first-order valence-electron chi connectivity index (χ1n) is 7.06. The smallest absolute Gasteiger partial charge is 0.182 e. The lowest BCUT2D eigenvalue weighted by Crippen LogP contribution is -2.48. The van der Waals surface area contributed by atoms with Crippen molar-refractivity contribution in [3.05, 3.63) is 60.2 Å². The number of rotatable bonds is 3. The molecule has 21 heavy (non-hydrogen) atoms. The Morgan fingerprint density at radius 2 is 1.71 bits per heavy atom. The van der Waals surface area contributed by atoms with Crippen molar-refractivity contribution in [3.8, 4) is 0 Å². The summed E-state index contributed by atoms with van der Waals surface area (Å²) in [5.41, 5.74) is 3.29. The molecule has 108 valence electrons. The van der Waals surface area contributed by atoms with Crippen molar-refractivity contribution in [2.24, 2.45) is 0 Å². The number of anilines is 2. The Morgan fingerprint density at radius 1 is 1.05 bits per heavy atom. The van der Waals surface area contributed by atoms with E-state index in [0.717, 1.165) is 22.1 Å². The lowest BCUT2D eigenvalue weighted by Gasteiger charge is -2.43. The second-order valence-corrected chi connectivity index (χ2v) is 5.28. The first kappa shape index (κ1) is 14.0. The van der Waals surface area contributed by atoms with Gasteiger partial charge in [-0.1, -0.05) is 36.4 Å². The maximum absolute atomic E-state index is 6.01. The normalized spacial score (nSPS) is 17.8. The molecule has 0 fully saturated rings. The molecule has 0 aromatic heterocycles. The van der Waals surface area contributed by atoms with Gasteiger partial charge in [-0.05, 0) is 37.3 Å². The van der Waals surface area contributed by atoms with Crippen LogP contribution in [0.5, 0.6) is 0 Å². The molecule has 4 heteroatoms. The summed E-state index contributed by atoms with van der Waals surface area (Å²) in [6.07, 6.45) is -0.183. The van der Waals surface area contributed by atoms with Crippen LogP contribution in [0.15, 0.2) is 54.6 Å². The average Bonchev–Trinajstić information content (AvgIpc) is 2.53. The lowest BCUT2D eigenvalue weighted by atomic mass is 10.1. The van der Waals surface area contributed by atoms with E-state index < -0.39 is 0 Å². The van der Waals surface area contributed by atoms with E-state index in [1.807, 2.05) is 49.2 Å². The maximum Gasteiger partial charge on any atom is 0.182 e. The Morgan fingerprint density at radius 3 is 2.43 bits per heavy atom. The predicted molar refractivity (Wildman–Crippen MR) is 90.7 cm³/mol. The number of ether oxygens (including phenoxy) is 1. The van der Waals surface area contributed by atoms with Crippen molar-refractivity contribution in [1.29, 1.82) is 0 Å². The zero-order valence-electron chi connectivity index (χ0n) is 12.2. The zero-order valence-corrected chi connectivity index (χ0v) is 13.0. The molecule has 0 radical (unpaired) electrons. The minimum atomic E-state index is -0.183. The highest BCUT2D eigenvalue weighted by Crippen LogP contribution is 2.39. The van der Waals surface area contributed by atoms with Crippen LogP contribution in [0.4, 0.5) is 11.4 Å². The Hall–Kier alpha value is -1.91. The lowest BCUT2D eigenvalue weighted by molar-refractivity contribution is 0.0684. The molecule has 0 bridgehead atoms. The fraction of sp³-hybridized carbons (Fsp3) is 0.235. The van der Waals surface area contributed by atoms with E-state index in [9.17, 15) is 0 Å². The summed E-state index contributed by atoms with van der Waals surface area (Å²) < 4.78 is 6.01. The Balaban J connectivity index is 2.13. The third kappa shape index (κ3) is 2.41. The van der Waals surface area contributed by atoms with Crippen LogP contribution in [0.2, 0.25) is 0 Å². The van der Waals surface area contributed by atoms with Crippen molar-refractivity contribution in [2.45, 2.75) is 13.2 Å². The molecule has 2 aromatic carbocycles. The summed E-state index contributed by atoms with van der Waals surface area (Å²) in [5.74, 6) is 0. The SMILES string of the molecule is CCOC1c2ccccc2N(C)C(=S)N1c1ccccc1. The molecular formula is C17H18N2OS. The van der Waals surface area contributed by atoms with Crippen LogP contribution in [0.1, 0.15) is 18.7 Å². The first-order chi connectivity index (χ1) is 10.2. The van der Waals surface area contributed by atoms with Gasteiger partial charge in [-0.25, -0.2) is 0 Å². The maximum atomic E-state index is 6.01. The van der Waals surface area contributed by atoms with Gasteiger partial charge in [0.15, 0.2) is 11.3 Å². The van der Waals surface area contributed by atoms with Crippen LogP contribution in [0.3, 0.4) is 0 Å². The fourth-order valence-corrected chi connectivity index (χ4v) is 2.96. The van der Waals surface area contributed by atoms with Gasteiger partial charge in [0.25, 0.3) is 0 Å². The second kappa shape index (κ2) is 5.84. The van der Waals surface area contributed by atoms with E-state index in [4.69, 9.17) is 17.0 Å². The van der Waals surface area contributed by atoms with Gasteiger partial charge < -0.3 is 9.64 Å². The topological polar surface area (TPSA) is 15.7 Å². The van der Waals surface area contributed by atoms with Gasteiger partial charge in [-0.15, -0.1) is 0 Å². The number of benzene rings is 2. The molecule has 1 unspecified atom stereocenters. The van der Waals surface area contributed by atoms with Gasteiger partial charge >= 0.3 is 0 Å². The van der Waals surface area contributed by atoms with Crippen LogP contribution in [-0.2, 0) is 4.74 Å². The molecule has 1 aliphatic heterocycles. The van der Waals surface area contributed by atoms with Crippen molar-refractivity contribution in [3.63, 3.8) is 0 Å². The molecule has 3 nitrogen and oxygen atoms in total. The van der Waals surface area contributed by atoms with E-state index in [0.29, 0.717) is 6.61 Å². The Kier molecular flexibility index (Phi) is 3.90. The number of thiocarbonyl (C=S) groups is 1. The highest BCUT2D eigenvalue weighted by atomic mass is 32.1. The van der Waals surface area contributed by atoms with Crippen LogP contribution in [-0.4, -0.2) is 18.8 Å². The number of hydrogen-bond acceptors (Lipinski definition) is 2. The Bertz CT molecular complexity index is 644. The molecular weight excluding hydrogens is 280 g/mol. The molecule has 2 aromatic rings. The monoisotopic (exact) mass is 298 g/mol. The van der Waals surface area contributed by atoms with Crippen molar-refractivity contribution in [2.75, 3.05) is 23.5 Å². The first-order valence-corrected chi connectivity index (χ1v) is 7.47. The molecule has 0 spiro atoms. The summed E-state index contributed by atoms with van der Waals surface area (Å²) in [6, 6.07) is 18.4. The van der Waals surface area contributed by atoms with Gasteiger partial charge in [0.2, 0.25) is 0 Å². The summed E-state index contributed by atoms with van der Waals surface area (Å²) >= 11 is 5.67. The number of fused-ring (bicyclic) bond motifs is 1. The number of para-hydroxylation sites is 2. The molecule has 1 atom stereocenters. The summed E-state index contributed by atoms with van der Waals surface area (Å²) in [4.78, 5) is 4.11. The van der Waals surface area contributed by atoms with Crippen LogP contribution in [0, 0.1) is 0 Å². The third-order valence-corrected chi connectivity index (χ3v) is 4.12. The number of hydrogen-bond donors (Lipinski definition) is 0. The van der Waals surface area contributed by atoms with E-state index in [1.165, 1.54) is 0 Å². The summed E-state index contributed by atoms with van der Waals surface area (Å²) in [5, 5.41) is 0.748. The van der Waals surface area contributed by atoms with Gasteiger partial charge in [0.05, 0.1) is 5.69 Å². The molecule has 0 aliphatic carbocycles. The molecule has 0 amide bonds. The predicted octanol–water partition coefficient (Wildman–Crippen LogP) is 3.96. The fourth-order valence-electron chi connectivity index (χ4n) is 2.66.